The monoisotopic (exact) mass is 350 g/mol. The van der Waals surface area contributed by atoms with Gasteiger partial charge in [0.05, 0.1) is 5.69 Å². The van der Waals surface area contributed by atoms with Crippen LogP contribution in [0.25, 0.3) is 11.1 Å². The first kappa shape index (κ1) is 15.5. The van der Waals surface area contributed by atoms with E-state index in [0.29, 0.717) is 12.0 Å². The van der Waals surface area contributed by atoms with E-state index < -0.39 is 0 Å². The summed E-state index contributed by atoms with van der Waals surface area (Å²) in [5, 5.41) is 3.59. The SMILES string of the molecule is O=Cc1cccc(-c2cc3c4c(c2)[C@@H]2CNCC[C@@H]2N4CCCS3)c1. The average Bonchev–Trinajstić information content (AvgIpc) is 2.83. The fourth-order valence-electron chi connectivity index (χ4n) is 4.68. The van der Waals surface area contributed by atoms with Gasteiger partial charge in [-0.25, -0.2) is 0 Å². The molecule has 0 saturated carbocycles. The van der Waals surface area contributed by atoms with Crippen molar-refractivity contribution in [3.05, 3.63) is 47.5 Å². The first-order chi connectivity index (χ1) is 12.3. The summed E-state index contributed by atoms with van der Waals surface area (Å²) in [6, 6.07) is 13.4. The molecule has 0 amide bonds. The molecule has 1 fully saturated rings. The topological polar surface area (TPSA) is 32.3 Å². The van der Waals surface area contributed by atoms with Gasteiger partial charge >= 0.3 is 0 Å². The van der Waals surface area contributed by atoms with Gasteiger partial charge in [-0.2, -0.15) is 0 Å². The van der Waals surface area contributed by atoms with Crippen LogP contribution in [0, 0.1) is 0 Å². The van der Waals surface area contributed by atoms with Crippen molar-refractivity contribution in [1.82, 2.24) is 5.32 Å². The van der Waals surface area contributed by atoms with Crippen molar-refractivity contribution in [2.75, 3.05) is 30.3 Å². The van der Waals surface area contributed by atoms with E-state index in [4.69, 9.17) is 0 Å². The summed E-state index contributed by atoms with van der Waals surface area (Å²) >= 11 is 2.00. The summed E-state index contributed by atoms with van der Waals surface area (Å²) in [5.74, 6) is 1.78. The van der Waals surface area contributed by atoms with Gasteiger partial charge in [-0.1, -0.05) is 18.2 Å². The van der Waals surface area contributed by atoms with Gasteiger partial charge in [0.2, 0.25) is 0 Å². The van der Waals surface area contributed by atoms with E-state index in [-0.39, 0.29) is 0 Å². The van der Waals surface area contributed by atoms with E-state index in [1.54, 1.807) is 0 Å². The minimum atomic E-state index is 0.593. The van der Waals surface area contributed by atoms with Crippen LogP contribution in [0.5, 0.6) is 0 Å². The number of rotatable bonds is 2. The highest BCUT2D eigenvalue weighted by Crippen LogP contribution is 2.51. The zero-order valence-electron chi connectivity index (χ0n) is 14.2. The van der Waals surface area contributed by atoms with Crippen LogP contribution in [0.3, 0.4) is 0 Å². The minimum absolute atomic E-state index is 0.593. The van der Waals surface area contributed by atoms with Gasteiger partial charge < -0.3 is 10.2 Å². The Labute approximate surface area is 152 Å². The number of aldehydes is 1. The third-order valence-corrected chi connectivity index (χ3v) is 6.91. The molecule has 3 aliphatic rings. The molecule has 2 atom stereocenters. The van der Waals surface area contributed by atoms with Crippen LogP contribution in [0.15, 0.2) is 41.3 Å². The number of hydrogen-bond acceptors (Lipinski definition) is 4. The predicted octanol–water partition coefficient (Wildman–Crippen LogP) is 3.93. The van der Waals surface area contributed by atoms with Crippen molar-refractivity contribution >= 4 is 23.7 Å². The second-order valence-electron chi connectivity index (χ2n) is 7.22. The molecule has 2 aromatic rings. The molecule has 3 aliphatic heterocycles. The smallest absolute Gasteiger partial charge is 0.150 e. The predicted molar refractivity (Wildman–Crippen MR) is 104 cm³/mol. The molecule has 128 valence electrons. The summed E-state index contributed by atoms with van der Waals surface area (Å²) in [6.07, 6.45) is 3.42. The fourth-order valence-corrected chi connectivity index (χ4v) is 5.76. The van der Waals surface area contributed by atoms with E-state index in [1.807, 2.05) is 30.0 Å². The maximum Gasteiger partial charge on any atom is 0.150 e. The number of carbonyl (C=O) groups is 1. The Bertz CT molecular complexity index is 835. The number of carbonyl (C=O) groups excluding carboxylic acids is 1. The molecule has 4 heteroatoms. The second-order valence-corrected chi connectivity index (χ2v) is 8.35. The quantitative estimate of drug-likeness (QED) is 0.832. The molecule has 2 aromatic carbocycles. The second kappa shape index (κ2) is 6.19. The van der Waals surface area contributed by atoms with E-state index in [1.165, 1.54) is 46.8 Å². The third kappa shape index (κ3) is 2.51. The minimum Gasteiger partial charge on any atom is -0.367 e. The van der Waals surface area contributed by atoms with Crippen LogP contribution in [0.4, 0.5) is 5.69 Å². The summed E-state index contributed by atoms with van der Waals surface area (Å²) in [7, 11) is 0. The van der Waals surface area contributed by atoms with Crippen molar-refractivity contribution in [2.24, 2.45) is 0 Å². The van der Waals surface area contributed by atoms with E-state index in [2.05, 4.69) is 28.4 Å². The highest BCUT2D eigenvalue weighted by Gasteiger charge is 2.41. The Morgan fingerprint density at radius 3 is 3.08 bits per heavy atom. The van der Waals surface area contributed by atoms with Crippen LogP contribution < -0.4 is 10.2 Å². The van der Waals surface area contributed by atoms with Crippen molar-refractivity contribution in [1.29, 1.82) is 0 Å². The molecule has 1 saturated heterocycles. The zero-order chi connectivity index (χ0) is 16.8. The lowest BCUT2D eigenvalue weighted by Gasteiger charge is -2.33. The van der Waals surface area contributed by atoms with E-state index in [0.717, 1.165) is 30.5 Å². The first-order valence-electron chi connectivity index (χ1n) is 9.19. The van der Waals surface area contributed by atoms with Gasteiger partial charge in [0.1, 0.15) is 6.29 Å². The maximum atomic E-state index is 11.2. The molecule has 3 nitrogen and oxygen atoms in total. The Hall–Kier alpha value is -1.78. The molecular formula is C21H22N2OS. The number of nitrogens with one attached hydrogen (secondary N) is 1. The number of anilines is 1. The van der Waals surface area contributed by atoms with Crippen LogP contribution in [0.2, 0.25) is 0 Å². The molecule has 0 spiro atoms. The molecular weight excluding hydrogens is 328 g/mol. The number of fused-ring (bicyclic) bond motifs is 3. The Balaban J connectivity index is 1.67. The molecule has 0 unspecified atom stereocenters. The number of hydrogen-bond donors (Lipinski definition) is 1. The summed E-state index contributed by atoms with van der Waals surface area (Å²) in [6.45, 7) is 3.40. The van der Waals surface area contributed by atoms with Crippen molar-refractivity contribution < 1.29 is 4.79 Å². The highest BCUT2D eigenvalue weighted by atomic mass is 32.2. The fraction of sp³-hybridized carbons (Fsp3) is 0.381. The van der Waals surface area contributed by atoms with Crippen molar-refractivity contribution in [3.63, 3.8) is 0 Å². The van der Waals surface area contributed by atoms with Gasteiger partial charge in [0, 0.05) is 35.5 Å². The van der Waals surface area contributed by atoms with Gasteiger partial charge in [-0.3, -0.25) is 4.79 Å². The zero-order valence-corrected chi connectivity index (χ0v) is 15.0. The summed E-state index contributed by atoms with van der Waals surface area (Å²) in [5.41, 5.74) is 6.15. The number of benzene rings is 2. The molecule has 1 N–H and O–H groups in total. The van der Waals surface area contributed by atoms with Crippen LogP contribution in [-0.4, -0.2) is 37.7 Å². The lowest BCUT2D eigenvalue weighted by atomic mass is 9.88. The van der Waals surface area contributed by atoms with Gasteiger partial charge in [-0.15, -0.1) is 11.8 Å². The molecule has 25 heavy (non-hydrogen) atoms. The van der Waals surface area contributed by atoms with Crippen molar-refractivity contribution in [3.8, 4) is 11.1 Å². The van der Waals surface area contributed by atoms with Crippen LogP contribution in [-0.2, 0) is 0 Å². The lowest BCUT2D eigenvalue weighted by molar-refractivity contribution is 0.112. The first-order valence-corrected chi connectivity index (χ1v) is 10.2. The third-order valence-electron chi connectivity index (χ3n) is 5.79. The molecule has 5 rings (SSSR count). The lowest BCUT2D eigenvalue weighted by Crippen LogP contribution is -2.44. The van der Waals surface area contributed by atoms with Gasteiger partial charge in [0.15, 0.2) is 0 Å². The normalized spacial score (nSPS) is 24.4. The molecule has 0 aromatic heterocycles. The average molecular weight is 350 g/mol. The van der Waals surface area contributed by atoms with Gasteiger partial charge in [-0.05, 0) is 60.0 Å². The highest BCUT2D eigenvalue weighted by molar-refractivity contribution is 7.99. The van der Waals surface area contributed by atoms with Crippen molar-refractivity contribution in [2.45, 2.75) is 29.7 Å². The Morgan fingerprint density at radius 2 is 2.16 bits per heavy atom. The Kier molecular flexibility index (Phi) is 3.83. The molecule has 3 heterocycles. The number of nitrogens with zero attached hydrogens (tertiary/aromatic N) is 1. The summed E-state index contributed by atoms with van der Waals surface area (Å²) < 4.78 is 0. The maximum absolute atomic E-state index is 11.2. The molecule has 0 aliphatic carbocycles. The molecule has 0 bridgehead atoms. The number of thioether (sulfide) groups is 1. The van der Waals surface area contributed by atoms with Crippen LogP contribution in [0.1, 0.15) is 34.7 Å². The Morgan fingerprint density at radius 1 is 1.20 bits per heavy atom. The van der Waals surface area contributed by atoms with E-state index in [9.17, 15) is 4.79 Å². The number of piperidine rings is 1. The largest absolute Gasteiger partial charge is 0.367 e. The van der Waals surface area contributed by atoms with Gasteiger partial charge in [0.25, 0.3) is 0 Å². The van der Waals surface area contributed by atoms with Crippen LogP contribution >= 0.6 is 11.8 Å². The van der Waals surface area contributed by atoms with E-state index >= 15 is 0 Å². The molecule has 0 radical (unpaired) electrons. The summed E-state index contributed by atoms with van der Waals surface area (Å²) in [4.78, 5) is 15.3. The standard InChI is InChI=1S/C21H22N2OS/c24-13-14-3-1-4-15(9-14)16-10-17-18-12-22-6-5-19(18)23-7-2-8-25-20(11-16)21(17)23/h1,3-4,9-11,13,18-19,22H,2,5-8,12H2/t18-,19-/m0/s1.